The molecule has 0 amide bonds. The highest BCUT2D eigenvalue weighted by Crippen LogP contribution is 2.45. The third kappa shape index (κ3) is 2.03. The van der Waals surface area contributed by atoms with E-state index in [1.54, 1.807) is 0 Å². The Morgan fingerprint density at radius 2 is 1.59 bits per heavy atom. The number of rotatable bonds is 1. The van der Waals surface area contributed by atoms with Crippen LogP contribution >= 0.6 is 15.9 Å². The normalized spacial score (nSPS) is 35.4. The zero-order valence-electron chi connectivity index (χ0n) is 9.03. The maximum Gasteiger partial charge on any atom is 0.313 e. The van der Waals surface area contributed by atoms with Crippen LogP contribution in [0.3, 0.4) is 0 Å². The van der Waals surface area contributed by atoms with Crippen LogP contribution in [0, 0.1) is 5.41 Å². The van der Waals surface area contributed by atoms with E-state index in [2.05, 4.69) is 22.9 Å². The smallest absolute Gasteiger partial charge is 0.313 e. The summed E-state index contributed by atoms with van der Waals surface area (Å²) in [6.07, 6.45) is 0. The van der Waals surface area contributed by atoms with E-state index in [-0.39, 0.29) is 12.8 Å². The highest BCUT2D eigenvalue weighted by Gasteiger charge is 2.52. The van der Waals surface area contributed by atoms with Crippen LogP contribution in [0.5, 0.6) is 0 Å². The van der Waals surface area contributed by atoms with E-state index < -0.39 is 5.97 Å². The van der Waals surface area contributed by atoms with Gasteiger partial charge in [0.1, 0.15) is 0 Å². The van der Waals surface area contributed by atoms with Gasteiger partial charge in [0.05, 0.1) is 25.4 Å². The lowest BCUT2D eigenvalue weighted by Gasteiger charge is -2.50. The first kappa shape index (κ1) is 13.0. The molecule has 3 aliphatic rings. The van der Waals surface area contributed by atoms with Crippen molar-refractivity contribution in [2.75, 3.05) is 19.8 Å². The molecule has 94 valence electrons. The van der Waals surface area contributed by atoms with Gasteiger partial charge >= 0.3 is 5.97 Å². The lowest BCUT2D eigenvalue weighted by atomic mass is 9.91. The Labute approximate surface area is 110 Å². The molecule has 0 saturated carbocycles. The highest BCUT2D eigenvalue weighted by atomic mass is 79.9. The number of fused-ring (bicyclic) bond motifs is 3. The molecule has 3 fully saturated rings. The van der Waals surface area contributed by atoms with Gasteiger partial charge in [-0.15, -0.1) is 0 Å². The predicted octanol–water partition coefficient (Wildman–Crippen LogP) is 3.28. The maximum atomic E-state index is 5.76. The molecule has 17 heavy (non-hydrogen) atoms. The Morgan fingerprint density at radius 3 is 2.12 bits per heavy atom. The molecule has 0 radical (unpaired) electrons. The van der Waals surface area contributed by atoms with Crippen LogP contribution in [0.1, 0.15) is 19.9 Å². The van der Waals surface area contributed by atoms with Crippen molar-refractivity contribution in [2.24, 2.45) is 5.41 Å². The lowest BCUT2D eigenvalue weighted by Crippen LogP contribution is -2.57. The van der Waals surface area contributed by atoms with Crippen LogP contribution in [0.25, 0.3) is 0 Å². The fourth-order valence-electron chi connectivity index (χ4n) is 2.00. The van der Waals surface area contributed by atoms with Gasteiger partial charge in [-0.05, 0) is 12.1 Å². The number of ether oxygens (including phenoxy) is 3. The Hall–Kier alpha value is -0.420. The molecule has 3 heterocycles. The molecule has 1 aromatic rings. The standard InChI is InChI=1S/C12H13BrO3.CH4/c1-11-6-14-12(15-7-11,16-8-11)9-4-2-3-5-10(9)13;/h2-5H,6-8H2,1H3;1H4. The first-order valence-corrected chi connectivity index (χ1v) is 6.10. The molecule has 0 unspecified atom stereocenters. The molecule has 0 aliphatic carbocycles. The third-order valence-corrected chi connectivity index (χ3v) is 3.73. The molecule has 4 heteroatoms. The van der Waals surface area contributed by atoms with Crippen molar-refractivity contribution in [2.45, 2.75) is 20.3 Å². The van der Waals surface area contributed by atoms with E-state index in [0.717, 1.165) is 10.0 Å². The maximum absolute atomic E-state index is 5.76. The molecule has 0 aromatic heterocycles. The third-order valence-electron chi connectivity index (χ3n) is 3.04. The fourth-order valence-corrected chi connectivity index (χ4v) is 2.53. The second-order valence-electron chi connectivity index (χ2n) is 4.71. The topological polar surface area (TPSA) is 27.7 Å². The molecule has 0 spiro atoms. The lowest BCUT2D eigenvalue weighted by molar-refractivity contribution is -0.477. The van der Waals surface area contributed by atoms with Crippen molar-refractivity contribution in [1.29, 1.82) is 0 Å². The summed E-state index contributed by atoms with van der Waals surface area (Å²) in [5.74, 6) is -1.00. The predicted molar refractivity (Wildman–Crippen MR) is 68.5 cm³/mol. The molecule has 0 atom stereocenters. The van der Waals surface area contributed by atoms with E-state index in [1.165, 1.54) is 0 Å². The van der Waals surface area contributed by atoms with Gasteiger partial charge in [0.25, 0.3) is 0 Å². The Kier molecular flexibility index (Phi) is 3.34. The van der Waals surface area contributed by atoms with E-state index in [1.807, 2.05) is 24.3 Å². The van der Waals surface area contributed by atoms with Gasteiger partial charge in [0.15, 0.2) is 0 Å². The van der Waals surface area contributed by atoms with Crippen LogP contribution in [-0.2, 0) is 20.2 Å². The van der Waals surface area contributed by atoms with Crippen molar-refractivity contribution in [3.63, 3.8) is 0 Å². The summed E-state index contributed by atoms with van der Waals surface area (Å²) in [6.45, 7) is 4.13. The summed E-state index contributed by atoms with van der Waals surface area (Å²) in [5.41, 5.74) is 0.903. The summed E-state index contributed by atoms with van der Waals surface area (Å²) in [5, 5.41) is 0. The van der Waals surface area contributed by atoms with Crippen LogP contribution in [-0.4, -0.2) is 19.8 Å². The van der Waals surface area contributed by atoms with Gasteiger partial charge in [0, 0.05) is 9.89 Å². The zero-order chi connectivity index (χ0) is 11.2. The average Bonchev–Trinajstić information content (AvgIpc) is 2.31. The van der Waals surface area contributed by atoms with Gasteiger partial charge in [-0.25, -0.2) is 0 Å². The average molecular weight is 301 g/mol. The van der Waals surface area contributed by atoms with Gasteiger partial charge in [-0.3, -0.25) is 0 Å². The molecular weight excluding hydrogens is 284 g/mol. The zero-order valence-corrected chi connectivity index (χ0v) is 10.6. The van der Waals surface area contributed by atoms with Gasteiger partial charge < -0.3 is 14.2 Å². The first-order chi connectivity index (χ1) is 7.64. The highest BCUT2D eigenvalue weighted by molar-refractivity contribution is 9.10. The number of halogens is 1. The first-order valence-electron chi connectivity index (χ1n) is 5.31. The van der Waals surface area contributed by atoms with Crippen LogP contribution < -0.4 is 0 Å². The monoisotopic (exact) mass is 300 g/mol. The van der Waals surface area contributed by atoms with Crippen LogP contribution in [0.2, 0.25) is 0 Å². The molecule has 4 rings (SSSR count). The molecule has 3 aliphatic heterocycles. The summed E-state index contributed by atoms with van der Waals surface area (Å²) in [4.78, 5) is 0. The fraction of sp³-hybridized carbons (Fsp3) is 0.538. The molecule has 3 saturated heterocycles. The second-order valence-corrected chi connectivity index (χ2v) is 5.57. The quantitative estimate of drug-likeness (QED) is 0.796. The minimum Gasteiger partial charge on any atom is -0.323 e. The largest absolute Gasteiger partial charge is 0.323 e. The number of hydrogen-bond donors (Lipinski definition) is 0. The van der Waals surface area contributed by atoms with Gasteiger partial charge in [0.2, 0.25) is 0 Å². The van der Waals surface area contributed by atoms with E-state index >= 15 is 0 Å². The Bertz CT molecular complexity index is 394. The summed E-state index contributed by atoms with van der Waals surface area (Å²) >= 11 is 3.50. The van der Waals surface area contributed by atoms with Crippen molar-refractivity contribution in [1.82, 2.24) is 0 Å². The number of hydrogen-bond acceptors (Lipinski definition) is 3. The van der Waals surface area contributed by atoms with Crippen LogP contribution in [0.4, 0.5) is 0 Å². The van der Waals surface area contributed by atoms with Crippen molar-refractivity contribution >= 4 is 15.9 Å². The second kappa shape index (κ2) is 4.35. The SMILES string of the molecule is C.CC12COC(c3ccccc3Br)(OC1)OC2. The Balaban J connectivity index is 0.00000108. The van der Waals surface area contributed by atoms with E-state index in [0.29, 0.717) is 19.8 Å². The molecular formula is C13H17BrO3. The Morgan fingerprint density at radius 1 is 1.06 bits per heavy atom. The summed E-state index contributed by atoms with van der Waals surface area (Å²) in [6, 6.07) is 7.83. The minimum absolute atomic E-state index is 0. The van der Waals surface area contributed by atoms with Gasteiger partial charge in [-0.2, -0.15) is 0 Å². The minimum atomic E-state index is -1.00. The molecule has 0 N–H and O–H groups in total. The molecule has 1 aromatic carbocycles. The molecule has 2 bridgehead atoms. The van der Waals surface area contributed by atoms with E-state index in [4.69, 9.17) is 14.2 Å². The number of benzene rings is 1. The van der Waals surface area contributed by atoms with Crippen LogP contribution in [0.15, 0.2) is 28.7 Å². The van der Waals surface area contributed by atoms with E-state index in [9.17, 15) is 0 Å². The van der Waals surface area contributed by atoms with Crippen molar-refractivity contribution in [3.05, 3.63) is 34.3 Å². The summed E-state index contributed by atoms with van der Waals surface area (Å²) < 4.78 is 18.2. The molecule has 3 nitrogen and oxygen atoms in total. The van der Waals surface area contributed by atoms with Crippen molar-refractivity contribution in [3.8, 4) is 0 Å². The summed E-state index contributed by atoms with van der Waals surface area (Å²) in [7, 11) is 0. The van der Waals surface area contributed by atoms with Crippen molar-refractivity contribution < 1.29 is 14.2 Å². The van der Waals surface area contributed by atoms with Gasteiger partial charge in [-0.1, -0.05) is 42.4 Å².